The van der Waals surface area contributed by atoms with Crippen molar-refractivity contribution in [2.75, 3.05) is 26.4 Å². The lowest BCUT2D eigenvalue weighted by atomic mass is 9.71. The van der Waals surface area contributed by atoms with Crippen LogP contribution in [0.25, 0.3) is 11.1 Å². The fourth-order valence-electron chi connectivity index (χ4n) is 4.22. The van der Waals surface area contributed by atoms with Crippen LogP contribution in [-0.2, 0) is 5.41 Å². The van der Waals surface area contributed by atoms with Crippen molar-refractivity contribution in [1.82, 2.24) is 0 Å². The maximum absolute atomic E-state index is 9.04. The van der Waals surface area contributed by atoms with Gasteiger partial charge in [0.15, 0.2) is 0 Å². The van der Waals surface area contributed by atoms with E-state index in [0.29, 0.717) is 0 Å². The minimum atomic E-state index is -0.416. The molecular formula is C30H30O4. The Kier molecular flexibility index (Phi) is 7.63. The molecule has 4 rings (SSSR count). The number of hydrogen-bond acceptors (Lipinski definition) is 4. The molecule has 34 heavy (non-hydrogen) atoms. The van der Waals surface area contributed by atoms with E-state index < -0.39 is 5.41 Å². The van der Waals surface area contributed by atoms with Crippen LogP contribution in [-0.4, -0.2) is 36.6 Å². The molecule has 0 fully saturated rings. The smallest absolute Gasteiger partial charge is 0.119 e. The normalized spacial score (nSPS) is 11.3. The van der Waals surface area contributed by atoms with Crippen molar-refractivity contribution in [1.29, 1.82) is 0 Å². The first-order valence-corrected chi connectivity index (χ1v) is 11.5. The average Bonchev–Trinajstić information content (AvgIpc) is 2.91. The first-order valence-electron chi connectivity index (χ1n) is 11.5. The highest BCUT2D eigenvalue weighted by Crippen LogP contribution is 2.40. The Hall–Kier alpha value is -3.60. The van der Waals surface area contributed by atoms with Gasteiger partial charge in [-0.2, -0.15) is 0 Å². The summed E-state index contributed by atoms with van der Waals surface area (Å²) in [5.41, 5.74) is 5.36. The molecule has 2 N–H and O–H groups in total. The Bertz CT molecular complexity index is 1100. The number of rotatable bonds is 10. The lowest BCUT2D eigenvalue weighted by molar-refractivity contribution is 0.201. The molecule has 4 heteroatoms. The highest BCUT2D eigenvalue weighted by atomic mass is 16.5. The molecule has 0 heterocycles. The van der Waals surface area contributed by atoms with Crippen LogP contribution in [0.1, 0.15) is 23.6 Å². The summed E-state index contributed by atoms with van der Waals surface area (Å²) in [5.74, 6) is 1.46. The van der Waals surface area contributed by atoms with E-state index in [0.717, 1.165) is 22.6 Å². The molecular weight excluding hydrogens is 424 g/mol. The van der Waals surface area contributed by atoms with E-state index in [1.165, 1.54) is 16.7 Å². The summed E-state index contributed by atoms with van der Waals surface area (Å²) in [6.07, 6.45) is 0. The highest BCUT2D eigenvalue weighted by molar-refractivity contribution is 5.64. The van der Waals surface area contributed by atoms with E-state index in [1.807, 2.05) is 42.5 Å². The van der Waals surface area contributed by atoms with E-state index in [-0.39, 0.29) is 26.4 Å². The van der Waals surface area contributed by atoms with Crippen LogP contribution in [0.15, 0.2) is 103 Å². The van der Waals surface area contributed by atoms with E-state index in [4.69, 9.17) is 19.7 Å². The minimum Gasteiger partial charge on any atom is -0.491 e. The summed E-state index contributed by atoms with van der Waals surface area (Å²) in [7, 11) is 0. The summed E-state index contributed by atoms with van der Waals surface area (Å²) in [6, 6.07) is 35.2. The van der Waals surface area contributed by atoms with Crippen molar-refractivity contribution in [3.05, 3.63) is 120 Å². The summed E-state index contributed by atoms with van der Waals surface area (Å²) >= 11 is 0. The summed E-state index contributed by atoms with van der Waals surface area (Å²) in [6.45, 7) is 2.73. The molecule has 0 saturated heterocycles. The van der Waals surface area contributed by atoms with Gasteiger partial charge in [-0.3, -0.25) is 0 Å². The Morgan fingerprint density at radius 2 is 0.912 bits per heavy atom. The number of aliphatic hydroxyl groups is 2. The van der Waals surface area contributed by atoms with Gasteiger partial charge in [-0.1, -0.05) is 78.9 Å². The topological polar surface area (TPSA) is 58.9 Å². The fraction of sp³-hybridized carbons (Fsp3) is 0.200. The number of ether oxygens (including phenoxy) is 2. The van der Waals surface area contributed by atoms with Gasteiger partial charge in [-0.15, -0.1) is 0 Å². The zero-order chi connectivity index (χ0) is 23.8. The molecule has 4 aromatic rings. The molecule has 0 amide bonds. The van der Waals surface area contributed by atoms with Crippen LogP contribution in [0.5, 0.6) is 11.5 Å². The first kappa shape index (κ1) is 23.6. The average molecular weight is 455 g/mol. The first-order chi connectivity index (χ1) is 16.6. The molecule has 0 saturated carbocycles. The van der Waals surface area contributed by atoms with E-state index in [1.54, 1.807) is 0 Å². The number of aliphatic hydroxyl groups excluding tert-OH is 2. The zero-order valence-electron chi connectivity index (χ0n) is 19.4. The van der Waals surface area contributed by atoms with Crippen LogP contribution in [0.4, 0.5) is 0 Å². The van der Waals surface area contributed by atoms with Crippen molar-refractivity contribution in [2.45, 2.75) is 12.3 Å². The molecule has 0 aliphatic rings. The molecule has 0 aliphatic heterocycles. The predicted molar refractivity (Wildman–Crippen MR) is 135 cm³/mol. The molecule has 0 spiro atoms. The lowest BCUT2D eigenvalue weighted by Crippen LogP contribution is -2.25. The quantitative estimate of drug-likeness (QED) is 0.313. The van der Waals surface area contributed by atoms with Gasteiger partial charge < -0.3 is 19.7 Å². The van der Waals surface area contributed by atoms with E-state index >= 15 is 0 Å². The van der Waals surface area contributed by atoms with E-state index in [9.17, 15) is 0 Å². The van der Waals surface area contributed by atoms with Crippen LogP contribution < -0.4 is 9.47 Å². The summed E-state index contributed by atoms with van der Waals surface area (Å²) in [4.78, 5) is 0. The summed E-state index contributed by atoms with van der Waals surface area (Å²) in [5, 5.41) is 18.1. The molecule has 0 atom stereocenters. The molecule has 4 nitrogen and oxygen atoms in total. The molecule has 0 radical (unpaired) electrons. The number of hydrogen-bond donors (Lipinski definition) is 2. The van der Waals surface area contributed by atoms with Crippen molar-refractivity contribution in [3.8, 4) is 22.6 Å². The maximum atomic E-state index is 9.04. The van der Waals surface area contributed by atoms with Crippen molar-refractivity contribution < 1.29 is 19.7 Å². The van der Waals surface area contributed by atoms with Gasteiger partial charge in [0.25, 0.3) is 0 Å². The Balaban J connectivity index is 1.73. The van der Waals surface area contributed by atoms with Gasteiger partial charge in [0.2, 0.25) is 0 Å². The van der Waals surface area contributed by atoms with Crippen LogP contribution in [0.3, 0.4) is 0 Å². The van der Waals surface area contributed by atoms with Crippen molar-refractivity contribution in [2.24, 2.45) is 0 Å². The van der Waals surface area contributed by atoms with E-state index in [2.05, 4.69) is 67.6 Å². The SMILES string of the molecule is CC(c1ccc(OCCO)cc1)(c1ccc(OCCO)cc1)c1ccc(-c2ccccc2)cc1. The largest absolute Gasteiger partial charge is 0.491 e. The Morgan fingerprint density at radius 3 is 1.32 bits per heavy atom. The number of benzene rings is 4. The Morgan fingerprint density at radius 1 is 0.529 bits per heavy atom. The molecule has 4 aromatic carbocycles. The van der Waals surface area contributed by atoms with Gasteiger partial charge in [-0.05, 0) is 59.0 Å². The van der Waals surface area contributed by atoms with Gasteiger partial charge in [0.05, 0.1) is 13.2 Å². The lowest BCUT2D eigenvalue weighted by Gasteiger charge is -2.32. The molecule has 0 aromatic heterocycles. The second kappa shape index (κ2) is 11.0. The van der Waals surface area contributed by atoms with Crippen LogP contribution in [0.2, 0.25) is 0 Å². The van der Waals surface area contributed by atoms with Gasteiger partial charge in [-0.25, -0.2) is 0 Å². The molecule has 0 unspecified atom stereocenters. The predicted octanol–water partition coefficient (Wildman–Crippen LogP) is 5.45. The standard InChI is InChI=1S/C30H30O4/c1-30(26-11-15-28(16-12-26)33-21-19-31,27-13-17-29(18-14-27)34-22-20-32)25-9-7-24(8-10-25)23-5-3-2-4-6-23/h2-18,31-32H,19-22H2,1H3. The molecule has 0 aliphatic carbocycles. The van der Waals surface area contributed by atoms with Gasteiger partial charge in [0.1, 0.15) is 24.7 Å². The fourth-order valence-corrected chi connectivity index (χ4v) is 4.22. The molecule has 0 bridgehead atoms. The second-order valence-corrected chi connectivity index (χ2v) is 8.26. The monoisotopic (exact) mass is 454 g/mol. The van der Waals surface area contributed by atoms with Crippen molar-refractivity contribution >= 4 is 0 Å². The third kappa shape index (κ3) is 5.14. The second-order valence-electron chi connectivity index (χ2n) is 8.26. The van der Waals surface area contributed by atoms with Crippen LogP contribution in [0, 0.1) is 0 Å². The maximum Gasteiger partial charge on any atom is 0.119 e. The van der Waals surface area contributed by atoms with Crippen LogP contribution >= 0.6 is 0 Å². The highest BCUT2D eigenvalue weighted by Gasteiger charge is 2.31. The van der Waals surface area contributed by atoms with Gasteiger partial charge in [0, 0.05) is 5.41 Å². The zero-order valence-corrected chi connectivity index (χ0v) is 19.4. The Labute approximate surface area is 201 Å². The minimum absolute atomic E-state index is 0.0159. The third-order valence-corrected chi connectivity index (χ3v) is 6.15. The summed E-state index contributed by atoms with van der Waals surface area (Å²) < 4.78 is 11.1. The molecule has 174 valence electrons. The van der Waals surface area contributed by atoms with Gasteiger partial charge >= 0.3 is 0 Å². The third-order valence-electron chi connectivity index (χ3n) is 6.15. The van der Waals surface area contributed by atoms with Crippen molar-refractivity contribution in [3.63, 3.8) is 0 Å².